The van der Waals surface area contributed by atoms with Crippen LogP contribution in [0.1, 0.15) is 46.5 Å². The number of ether oxygens (including phenoxy) is 1. The van der Waals surface area contributed by atoms with Crippen LogP contribution in [0.4, 0.5) is 5.69 Å². The van der Waals surface area contributed by atoms with Crippen molar-refractivity contribution in [2.75, 3.05) is 18.1 Å². The fourth-order valence-electron chi connectivity index (χ4n) is 3.46. The van der Waals surface area contributed by atoms with E-state index >= 15 is 0 Å². The summed E-state index contributed by atoms with van der Waals surface area (Å²) in [6.07, 6.45) is 4.92. The predicted molar refractivity (Wildman–Crippen MR) is 104 cm³/mol. The van der Waals surface area contributed by atoms with Crippen LogP contribution >= 0.6 is 11.6 Å². The molecule has 3 rings (SSSR count). The summed E-state index contributed by atoms with van der Waals surface area (Å²) in [4.78, 5) is 2.40. The average molecular weight is 384 g/mol. The highest BCUT2D eigenvalue weighted by atomic mass is 35.5. The van der Waals surface area contributed by atoms with Gasteiger partial charge in [-0.3, -0.25) is 0 Å². The van der Waals surface area contributed by atoms with Crippen molar-refractivity contribution in [2.45, 2.75) is 76.7 Å². The lowest BCUT2D eigenvalue weighted by atomic mass is 9.91. The number of rotatable bonds is 3. The van der Waals surface area contributed by atoms with Gasteiger partial charge in [0.2, 0.25) is 0 Å². The van der Waals surface area contributed by atoms with Gasteiger partial charge in [-0.2, -0.15) is 0 Å². The zero-order valence-electron chi connectivity index (χ0n) is 16.0. The molecule has 0 amide bonds. The van der Waals surface area contributed by atoms with Gasteiger partial charge in [-0.1, -0.05) is 32.4 Å². The van der Waals surface area contributed by atoms with Gasteiger partial charge in [-0.25, -0.2) is 0 Å². The Bertz CT molecular complexity index is 613. The van der Waals surface area contributed by atoms with Crippen LogP contribution in [0.15, 0.2) is 6.07 Å². The molecule has 1 aromatic rings. The Morgan fingerprint density at radius 2 is 1.88 bits per heavy atom. The molecule has 2 heterocycles. The van der Waals surface area contributed by atoms with Crippen molar-refractivity contribution in [1.29, 1.82) is 0 Å². The van der Waals surface area contributed by atoms with Gasteiger partial charge in [0, 0.05) is 18.2 Å². The van der Waals surface area contributed by atoms with E-state index in [1.165, 1.54) is 0 Å². The second-order valence-corrected chi connectivity index (χ2v) is 13.9. The highest BCUT2D eigenvalue weighted by Gasteiger charge is 2.40. The summed E-state index contributed by atoms with van der Waals surface area (Å²) in [6, 6.07) is 2.38. The van der Waals surface area contributed by atoms with E-state index in [2.05, 4.69) is 49.0 Å². The van der Waals surface area contributed by atoms with Crippen molar-refractivity contribution in [3.8, 4) is 5.88 Å². The normalized spacial score (nSPS) is 24.6. The Kier molecular flexibility index (Phi) is 5.33. The van der Waals surface area contributed by atoms with E-state index in [9.17, 15) is 0 Å². The fourth-order valence-corrected chi connectivity index (χ4v) is 5.03. The first-order valence-electron chi connectivity index (χ1n) is 9.28. The molecule has 1 aliphatic heterocycles. The van der Waals surface area contributed by atoms with Crippen LogP contribution in [0.5, 0.6) is 5.88 Å². The molecule has 1 saturated carbocycles. The van der Waals surface area contributed by atoms with E-state index in [0.29, 0.717) is 29.8 Å². The maximum atomic E-state index is 6.62. The molecule has 7 heteroatoms. The number of halogens is 1. The summed E-state index contributed by atoms with van der Waals surface area (Å²) in [5.41, 5.74) is 0.986. The number of fused-ring (bicyclic) bond motifs is 1. The molecule has 25 heavy (non-hydrogen) atoms. The van der Waals surface area contributed by atoms with E-state index < -0.39 is 8.32 Å². The van der Waals surface area contributed by atoms with Crippen molar-refractivity contribution in [3.63, 3.8) is 0 Å². The van der Waals surface area contributed by atoms with Gasteiger partial charge in [-0.05, 0) is 43.8 Å². The van der Waals surface area contributed by atoms with Crippen molar-refractivity contribution >= 4 is 25.6 Å². The minimum atomic E-state index is -1.69. The van der Waals surface area contributed by atoms with Crippen LogP contribution in [-0.4, -0.2) is 43.8 Å². The highest BCUT2D eigenvalue weighted by molar-refractivity contribution is 6.74. The Hall–Kier alpha value is -0.853. The zero-order valence-corrected chi connectivity index (χ0v) is 17.8. The lowest BCUT2D eigenvalue weighted by Crippen LogP contribution is -2.48. The van der Waals surface area contributed by atoms with Gasteiger partial charge in [-0.15, -0.1) is 10.2 Å². The van der Waals surface area contributed by atoms with E-state index in [1.807, 2.05) is 6.07 Å². The van der Waals surface area contributed by atoms with Crippen molar-refractivity contribution in [1.82, 2.24) is 10.2 Å². The predicted octanol–water partition coefficient (Wildman–Crippen LogP) is 4.66. The van der Waals surface area contributed by atoms with Crippen LogP contribution in [-0.2, 0) is 4.43 Å². The molecular weight excluding hydrogens is 354 g/mol. The second kappa shape index (κ2) is 7.04. The van der Waals surface area contributed by atoms with Crippen LogP contribution < -0.4 is 9.64 Å². The van der Waals surface area contributed by atoms with Gasteiger partial charge in [0.1, 0.15) is 12.3 Å². The smallest absolute Gasteiger partial charge is 0.257 e. The van der Waals surface area contributed by atoms with E-state index in [-0.39, 0.29) is 5.04 Å². The molecule has 1 aliphatic carbocycles. The summed E-state index contributed by atoms with van der Waals surface area (Å²) in [5, 5.41) is 8.67. The van der Waals surface area contributed by atoms with Crippen LogP contribution in [0.25, 0.3) is 0 Å². The topological polar surface area (TPSA) is 47.5 Å². The quantitative estimate of drug-likeness (QED) is 0.710. The second-order valence-electron chi connectivity index (χ2n) is 8.71. The Morgan fingerprint density at radius 3 is 2.52 bits per heavy atom. The molecule has 0 saturated heterocycles. The standard InChI is InChI=1S/C18H30ClN3O2Si/c1-18(2,3)25(4,5)24-14-8-6-13(7-9-14)22-10-11-23-17-15(22)12-16(19)20-21-17/h12-14H,6-11H2,1-5H3. The summed E-state index contributed by atoms with van der Waals surface area (Å²) in [6.45, 7) is 13.1. The van der Waals surface area contributed by atoms with Gasteiger partial charge >= 0.3 is 0 Å². The Morgan fingerprint density at radius 1 is 1.20 bits per heavy atom. The fraction of sp³-hybridized carbons (Fsp3) is 0.778. The first-order valence-corrected chi connectivity index (χ1v) is 12.6. The third-order valence-corrected chi connectivity index (χ3v) is 10.7. The molecule has 0 radical (unpaired) electrons. The van der Waals surface area contributed by atoms with Gasteiger partial charge in [0.25, 0.3) is 5.88 Å². The first-order chi connectivity index (χ1) is 11.7. The van der Waals surface area contributed by atoms with Crippen molar-refractivity contribution < 1.29 is 9.16 Å². The molecule has 1 aromatic heterocycles. The van der Waals surface area contributed by atoms with E-state index in [4.69, 9.17) is 20.8 Å². The number of anilines is 1. The summed E-state index contributed by atoms with van der Waals surface area (Å²) in [7, 11) is -1.69. The Labute approximate surface area is 157 Å². The molecule has 0 atom stereocenters. The monoisotopic (exact) mass is 383 g/mol. The minimum Gasteiger partial charge on any atom is -0.473 e. The van der Waals surface area contributed by atoms with Gasteiger partial charge in [0.05, 0.1) is 6.54 Å². The lowest BCUT2D eigenvalue weighted by Gasteiger charge is -2.44. The maximum Gasteiger partial charge on any atom is 0.257 e. The van der Waals surface area contributed by atoms with Crippen LogP contribution in [0.2, 0.25) is 23.3 Å². The molecule has 1 fully saturated rings. The molecular formula is C18H30ClN3O2Si. The average Bonchev–Trinajstić information content (AvgIpc) is 2.54. The molecule has 0 spiro atoms. The molecule has 2 aliphatic rings. The van der Waals surface area contributed by atoms with Crippen LogP contribution in [0.3, 0.4) is 0 Å². The lowest BCUT2D eigenvalue weighted by molar-refractivity contribution is 0.127. The third kappa shape index (κ3) is 4.12. The van der Waals surface area contributed by atoms with E-state index in [0.717, 1.165) is 37.9 Å². The van der Waals surface area contributed by atoms with Crippen LogP contribution in [0, 0.1) is 0 Å². The highest BCUT2D eigenvalue weighted by Crippen LogP contribution is 2.40. The molecule has 0 aromatic carbocycles. The number of nitrogens with zero attached hydrogens (tertiary/aromatic N) is 3. The maximum absolute atomic E-state index is 6.62. The summed E-state index contributed by atoms with van der Waals surface area (Å²) >= 11 is 6.05. The van der Waals surface area contributed by atoms with Gasteiger partial charge in [0.15, 0.2) is 13.5 Å². The summed E-state index contributed by atoms with van der Waals surface area (Å²) < 4.78 is 12.3. The molecule has 0 bridgehead atoms. The molecule has 0 unspecified atom stereocenters. The van der Waals surface area contributed by atoms with Crippen molar-refractivity contribution in [3.05, 3.63) is 11.2 Å². The first kappa shape index (κ1) is 18.9. The number of hydrogen-bond acceptors (Lipinski definition) is 5. The third-order valence-electron chi connectivity index (χ3n) is 5.94. The molecule has 140 valence electrons. The Balaban J connectivity index is 1.63. The number of aromatic nitrogens is 2. The van der Waals surface area contributed by atoms with E-state index in [1.54, 1.807) is 0 Å². The zero-order chi connectivity index (χ0) is 18.2. The van der Waals surface area contributed by atoms with Crippen molar-refractivity contribution in [2.24, 2.45) is 0 Å². The summed E-state index contributed by atoms with van der Waals surface area (Å²) in [5.74, 6) is 0.607. The van der Waals surface area contributed by atoms with Gasteiger partial charge < -0.3 is 14.1 Å². The number of hydrogen-bond donors (Lipinski definition) is 0. The largest absolute Gasteiger partial charge is 0.473 e. The molecule has 5 nitrogen and oxygen atoms in total. The SMILES string of the molecule is CC(C)(C)[Si](C)(C)OC1CCC(N2CCOc3nnc(Cl)cc32)CC1. The molecule has 0 N–H and O–H groups in total. The minimum absolute atomic E-state index is 0.266.